The number of carboxylic acids is 1. The second-order valence-electron chi connectivity index (χ2n) is 4.45. The zero-order chi connectivity index (χ0) is 13.8. The number of rotatable bonds is 4. The van der Waals surface area contributed by atoms with Crippen LogP contribution in [0.1, 0.15) is 29.3 Å². The van der Waals surface area contributed by atoms with E-state index in [0.717, 1.165) is 24.0 Å². The number of hydrogen-bond acceptors (Lipinski definition) is 1. The molecule has 0 unspecified atom stereocenters. The van der Waals surface area contributed by atoms with Gasteiger partial charge in [-0.3, -0.25) is 0 Å². The number of aryl methyl sites for hydroxylation is 1. The monoisotopic (exact) mass is 318 g/mol. The predicted octanol–water partition coefficient (Wildman–Crippen LogP) is 4.77. The van der Waals surface area contributed by atoms with Crippen molar-refractivity contribution in [2.75, 3.05) is 0 Å². The smallest absolute Gasteiger partial charge is 0.336 e. The molecule has 3 heteroatoms. The minimum Gasteiger partial charge on any atom is -0.478 e. The molecule has 1 N–H and O–H groups in total. The maximum Gasteiger partial charge on any atom is 0.336 e. The highest BCUT2D eigenvalue weighted by molar-refractivity contribution is 9.10. The van der Waals surface area contributed by atoms with E-state index in [9.17, 15) is 4.79 Å². The summed E-state index contributed by atoms with van der Waals surface area (Å²) >= 11 is 3.26. The maximum absolute atomic E-state index is 11.1. The molecule has 0 aliphatic carbocycles. The fraction of sp³-hybridized carbons (Fsp3) is 0.188. The van der Waals surface area contributed by atoms with Crippen molar-refractivity contribution in [3.63, 3.8) is 0 Å². The summed E-state index contributed by atoms with van der Waals surface area (Å²) in [5.41, 5.74) is 3.55. The number of benzene rings is 2. The lowest BCUT2D eigenvalue weighted by Crippen LogP contribution is -1.98. The fourth-order valence-electron chi connectivity index (χ4n) is 2.06. The van der Waals surface area contributed by atoms with Gasteiger partial charge in [-0.25, -0.2) is 4.79 Å². The molecule has 2 nitrogen and oxygen atoms in total. The number of carboxylic acid groups (broad SMARTS) is 1. The highest BCUT2D eigenvalue weighted by Crippen LogP contribution is 2.26. The SMILES string of the molecule is CCCc1cccc(-c2ccc(Br)c(C(=O)O)c2)c1. The zero-order valence-electron chi connectivity index (χ0n) is 10.7. The molecule has 0 aromatic heterocycles. The number of hydrogen-bond donors (Lipinski definition) is 1. The molecule has 0 aliphatic rings. The molecule has 0 amide bonds. The first-order valence-corrected chi connectivity index (χ1v) is 7.03. The van der Waals surface area contributed by atoms with E-state index >= 15 is 0 Å². The first-order valence-electron chi connectivity index (χ1n) is 6.24. The Hall–Kier alpha value is -1.61. The molecule has 2 aromatic rings. The van der Waals surface area contributed by atoms with Gasteiger partial charge in [-0.2, -0.15) is 0 Å². The Morgan fingerprint density at radius 3 is 2.58 bits per heavy atom. The first-order chi connectivity index (χ1) is 9.11. The topological polar surface area (TPSA) is 37.3 Å². The van der Waals surface area contributed by atoms with E-state index in [1.165, 1.54) is 5.56 Å². The highest BCUT2D eigenvalue weighted by atomic mass is 79.9. The molecule has 0 radical (unpaired) electrons. The van der Waals surface area contributed by atoms with Crippen LogP contribution in [0.5, 0.6) is 0 Å². The Labute approximate surface area is 121 Å². The molecule has 0 bridgehead atoms. The summed E-state index contributed by atoms with van der Waals surface area (Å²) < 4.78 is 0.605. The average Bonchev–Trinajstić information content (AvgIpc) is 2.39. The van der Waals surface area contributed by atoms with Crippen LogP contribution in [-0.2, 0) is 6.42 Å². The second kappa shape index (κ2) is 6.02. The lowest BCUT2D eigenvalue weighted by molar-refractivity contribution is 0.0696. The van der Waals surface area contributed by atoms with Gasteiger partial charge in [0.25, 0.3) is 0 Å². The van der Waals surface area contributed by atoms with E-state index in [1.54, 1.807) is 12.1 Å². The van der Waals surface area contributed by atoms with Crippen LogP contribution in [0, 0.1) is 0 Å². The molecule has 0 saturated carbocycles. The van der Waals surface area contributed by atoms with Crippen molar-refractivity contribution in [1.82, 2.24) is 0 Å². The largest absolute Gasteiger partial charge is 0.478 e. The summed E-state index contributed by atoms with van der Waals surface area (Å²) in [7, 11) is 0. The molecular weight excluding hydrogens is 304 g/mol. The molecule has 2 aromatic carbocycles. The van der Waals surface area contributed by atoms with Crippen LogP contribution in [0.15, 0.2) is 46.9 Å². The molecule has 19 heavy (non-hydrogen) atoms. The Bertz CT molecular complexity index is 605. The number of aromatic carboxylic acids is 1. The van der Waals surface area contributed by atoms with Crippen LogP contribution < -0.4 is 0 Å². The fourth-order valence-corrected chi connectivity index (χ4v) is 2.48. The van der Waals surface area contributed by atoms with Gasteiger partial charge in [0.05, 0.1) is 5.56 Å². The molecule has 0 aliphatic heterocycles. The summed E-state index contributed by atoms with van der Waals surface area (Å²) in [6.07, 6.45) is 2.14. The molecule has 0 spiro atoms. The molecule has 2 rings (SSSR count). The van der Waals surface area contributed by atoms with Gasteiger partial charge in [-0.15, -0.1) is 0 Å². The van der Waals surface area contributed by atoms with E-state index in [4.69, 9.17) is 5.11 Å². The summed E-state index contributed by atoms with van der Waals surface area (Å²) in [4.78, 5) is 11.1. The maximum atomic E-state index is 11.1. The zero-order valence-corrected chi connectivity index (χ0v) is 12.3. The normalized spacial score (nSPS) is 10.4. The van der Waals surface area contributed by atoms with E-state index in [0.29, 0.717) is 10.0 Å². The van der Waals surface area contributed by atoms with Crippen molar-refractivity contribution >= 4 is 21.9 Å². The van der Waals surface area contributed by atoms with Gasteiger partial charge in [-0.05, 0) is 51.2 Å². The average molecular weight is 319 g/mol. The van der Waals surface area contributed by atoms with Crippen molar-refractivity contribution < 1.29 is 9.90 Å². The van der Waals surface area contributed by atoms with Crippen molar-refractivity contribution in [1.29, 1.82) is 0 Å². The van der Waals surface area contributed by atoms with E-state index in [-0.39, 0.29) is 0 Å². The third-order valence-corrected chi connectivity index (χ3v) is 3.69. The summed E-state index contributed by atoms with van der Waals surface area (Å²) in [6.45, 7) is 2.15. The summed E-state index contributed by atoms with van der Waals surface area (Å²) in [5, 5.41) is 9.15. The lowest BCUT2D eigenvalue weighted by Gasteiger charge is -2.07. The molecule has 0 atom stereocenters. The highest BCUT2D eigenvalue weighted by Gasteiger charge is 2.10. The van der Waals surface area contributed by atoms with Gasteiger partial charge in [0.15, 0.2) is 0 Å². The minimum atomic E-state index is -0.918. The lowest BCUT2D eigenvalue weighted by atomic mass is 9.99. The van der Waals surface area contributed by atoms with Crippen LogP contribution in [0.3, 0.4) is 0 Å². The van der Waals surface area contributed by atoms with Gasteiger partial charge in [0, 0.05) is 4.47 Å². The van der Waals surface area contributed by atoms with Crippen molar-refractivity contribution in [2.24, 2.45) is 0 Å². The van der Waals surface area contributed by atoms with Crippen molar-refractivity contribution in [3.05, 3.63) is 58.1 Å². The van der Waals surface area contributed by atoms with Crippen LogP contribution in [0.25, 0.3) is 11.1 Å². The van der Waals surface area contributed by atoms with Crippen LogP contribution >= 0.6 is 15.9 Å². The third-order valence-electron chi connectivity index (χ3n) is 3.00. The van der Waals surface area contributed by atoms with Crippen LogP contribution in [0.4, 0.5) is 0 Å². The Balaban J connectivity index is 2.44. The Morgan fingerprint density at radius 2 is 1.89 bits per heavy atom. The Morgan fingerprint density at radius 1 is 1.16 bits per heavy atom. The van der Waals surface area contributed by atoms with Gasteiger partial charge in [0.2, 0.25) is 0 Å². The van der Waals surface area contributed by atoms with Crippen molar-refractivity contribution in [3.8, 4) is 11.1 Å². The molecule has 0 heterocycles. The number of halogens is 1. The molecule has 0 fully saturated rings. The van der Waals surface area contributed by atoms with Crippen LogP contribution in [-0.4, -0.2) is 11.1 Å². The standard InChI is InChI=1S/C16H15BrO2/c1-2-4-11-5-3-6-12(9-11)13-7-8-15(17)14(10-13)16(18)19/h3,5-10H,2,4H2,1H3,(H,18,19). The van der Waals surface area contributed by atoms with E-state index in [2.05, 4.69) is 35.0 Å². The Kier molecular flexibility index (Phi) is 4.38. The first kappa shape index (κ1) is 13.8. The predicted molar refractivity (Wildman–Crippen MR) is 80.5 cm³/mol. The molecule has 0 saturated heterocycles. The van der Waals surface area contributed by atoms with E-state index < -0.39 is 5.97 Å². The summed E-state index contributed by atoms with van der Waals surface area (Å²) in [5.74, 6) is -0.918. The third kappa shape index (κ3) is 3.24. The number of carbonyl (C=O) groups is 1. The quantitative estimate of drug-likeness (QED) is 0.881. The van der Waals surface area contributed by atoms with Crippen molar-refractivity contribution in [2.45, 2.75) is 19.8 Å². The summed E-state index contributed by atoms with van der Waals surface area (Å²) in [6, 6.07) is 13.7. The van der Waals surface area contributed by atoms with E-state index in [1.807, 2.05) is 18.2 Å². The minimum absolute atomic E-state index is 0.290. The second-order valence-corrected chi connectivity index (χ2v) is 5.30. The molecule has 98 valence electrons. The van der Waals surface area contributed by atoms with Crippen LogP contribution in [0.2, 0.25) is 0 Å². The van der Waals surface area contributed by atoms with Gasteiger partial charge in [-0.1, -0.05) is 43.7 Å². The van der Waals surface area contributed by atoms with Gasteiger partial charge < -0.3 is 5.11 Å². The van der Waals surface area contributed by atoms with Gasteiger partial charge >= 0.3 is 5.97 Å². The molecular formula is C16H15BrO2. The van der Waals surface area contributed by atoms with Gasteiger partial charge in [0.1, 0.15) is 0 Å².